The predicted octanol–water partition coefficient (Wildman–Crippen LogP) is 2.03. The summed E-state index contributed by atoms with van der Waals surface area (Å²) in [7, 11) is 0. The maximum atomic E-state index is 11.6. The molecule has 2 aliphatic rings. The number of morpholine rings is 1. The molecule has 19 heavy (non-hydrogen) atoms. The van der Waals surface area contributed by atoms with Crippen molar-refractivity contribution in [1.82, 2.24) is 4.90 Å². The Morgan fingerprint density at radius 3 is 2.68 bits per heavy atom. The number of ether oxygens (including phenoxy) is 2. The second-order valence-electron chi connectivity index (χ2n) is 4.88. The maximum Gasteiger partial charge on any atom is 0.323 e. The van der Waals surface area contributed by atoms with Crippen LogP contribution in [0.2, 0.25) is 5.02 Å². The molecule has 2 atom stereocenters. The number of carbonyl (C=O) groups is 1. The van der Waals surface area contributed by atoms with Crippen molar-refractivity contribution < 1.29 is 14.3 Å². The van der Waals surface area contributed by atoms with Gasteiger partial charge in [-0.3, -0.25) is 9.69 Å². The number of halogens is 1. The minimum Gasteiger partial charge on any atom is -0.464 e. The van der Waals surface area contributed by atoms with Crippen LogP contribution in [-0.4, -0.2) is 43.2 Å². The number of hydrogen-bond donors (Lipinski definition) is 0. The highest BCUT2D eigenvalue weighted by Gasteiger charge is 2.35. The zero-order valence-corrected chi connectivity index (χ0v) is 11.3. The molecule has 5 heteroatoms. The number of cyclic esters (lactones) is 1. The normalized spacial score (nSPS) is 28.4. The third-order valence-corrected chi connectivity index (χ3v) is 3.94. The van der Waals surface area contributed by atoms with Gasteiger partial charge in [0.1, 0.15) is 6.04 Å². The Morgan fingerprint density at radius 1 is 1.21 bits per heavy atom. The summed E-state index contributed by atoms with van der Waals surface area (Å²) in [5.41, 5.74) is 1.10. The maximum absolute atomic E-state index is 11.6. The summed E-state index contributed by atoms with van der Waals surface area (Å²) in [5, 5.41) is 0.718. The van der Waals surface area contributed by atoms with Crippen molar-refractivity contribution in [2.45, 2.75) is 18.6 Å². The van der Waals surface area contributed by atoms with Crippen molar-refractivity contribution in [3.63, 3.8) is 0 Å². The van der Waals surface area contributed by atoms with Gasteiger partial charge in [0.2, 0.25) is 0 Å². The van der Waals surface area contributed by atoms with Crippen molar-refractivity contribution >= 4 is 17.6 Å². The van der Waals surface area contributed by atoms with Gasteiger partial charge in [0.15, 0.2) is 0 Å². The predicted molar refractivity (Wildman–Crippen MR) is 71.1 cm³/mol. The van der Waals surface area contributed by atoms with Gasteiger partial charge in [-0.05, 0) is 17.7 Å². The molecule has 2 aliphatic heterocycles. The third-order valence-electron chi connectivity index (χ3n) is 3.69. The smallest absolute Gasteiger partial charge is 0.323 e. The van der Waals surface area contributed by atoms with Gasteiger partial charge in [-0.15, -0.1) is 0 Å². The van der Waals surface area contributed by atoms with E-state index in [1.807, 2.05) is 24.3 Å². The largest absolute Gasteiger partial charge is 0.464 e. The molecule has 0 aliphatic carbocycles. The number of esters is 1. The van der Waals surface area contributed by atoms with E-state index in [9.17, 15) is 4.79 Å². The highest BCUT2D eigenvalue weighted by Crippen LogP contribution is 2.26. The number of hydrogen-bond acceptors (Lipinski definition) is 4. The van der Waals surface area contributed by atoms with E-state index in [4.69, 9.17) is 21.1 Å². The van der Waals surface area contributed by atoms with Gasteiger partial charge in [-0.2, -0.15) is 0 Å². The SMILES string of the molecule is O=C1OCC[C@@H]1N1CCO[C@@H](c2ccc(Cl)cc2)C1. The van der Waals surface area contributed by atoms with E-state index in [1.54, 1.807) is 0 Å². The highest BCUT2D eigenvalue weighted by molar-refractivity contribution is 6.30. The summed E-state index contributed by atoms with van der Waals surface area (Å²) in [6, 6.07) is 7.58. The Kier molecular flexibility index (Phi) is 3.73. The van der Waals surface area contributed by atoms with Crippen LogP contribution in [0, 0.1) is 0 Å². The highest BCUT2D eigenvalue weighted by atomic mass is 35.5. The van der Waals surface area contributed by atoms with Crippen LogP contribution in [0.4, 0.5) is 0 Å². The molecule has 4 nitrogen and oxygen atoms in total. The zero-order chi connectivity index (χ0) is 13.2. The molecule has 2 fully saturated rings. The lowest BCUT2D eigenvalue weighted by molar-refractivity contribution is -0.144. The number of rotatable bonds is 2. The van der Waals surface area contributed by atoms with E-state index in [-0.39, 0.29) is 18.1 Å². The molecular weight excluding hydrogens is 266 g/mol. The Morgan fingerprint density at radius 2 is 2.00 bits per heavy atom. The van der Waals surface area contributed by atoms with Gasteiger partial charge in [0.25, 0.3) is 0 Å². The molecule has 0 N–H and O–H groups in total. The Bertz CT molecular complexity index is 462. The molecular formula is C14H16ClNO3. The molecule has 2 saturated heterocycles. The fraction of sp³-hybridized carbons (Fsp3) is 0.500. The van der Waals surface area contributed by atoms with Crippen LogP contribution in [0.3, 0.4) is 0 Å². The van der Waals surface area contributed by atoms with Crippen LogP contribution in [0.1, 0.15) is 18.1 Å². The van der Waals surface area contributed by atoms with Crippen LogP contribution >= 0.6 is 11.6 Å². The van der Waals surface area contributed by atoms with Gasteiger partial charge >= 0.3 is 5.97 Å². The number of carbonyl (C=O) groups excluding carboxylic acids is 1. The molecule has 0 amide bonds. The number of benzene rings is 1. The van der Waals surface area contributed by atoms with Gasteiger partial charge in [-0.25, -0.2) is 0 Å². The minimum absolute atomic E-state index is 0.000540. The van der Waals surface area contributed by atoms with E-state index in [1.165, 1.54) is 0 Å². The van der Waals surface area contributed by atoms with Gasteiger partial charge in [-0.1, -0.05) is 23.7 Å². The van der Waals surface area contributed by atoms with Crippen LogP contribution in [-0.2, 0) is 14.3 Å². The third kappa shape index (κ3) is 2.76. The van der Waals surface area contributed by atoms with Crippen LogP contribution in [0.15, 0.2) is 24.3 Å². The topological polar surface area (TPSA) is 38.8 Å². The fourth-order valence-corrected chi connectivity index (χ4v) is 2.77. The summed E-state index contributed by atoms with van der Waals surface area (Å²) >= 11 is 5.89. The average Bonchev–Trinajstić information content (AvgIpc) is 2.86. The van der Waals surface area contributed by atoms with Crippen molar-refractivity contribution in [2.24, 2.45) is 0 Å². The molecule has 0 radical (unpaired) electrons. The molecule has 0 aromatic heterocycles. The van der Waals surface area contributed by atoms with E-state index in [2.05, 4.69) is 4.90 Å². The summed E-state index contributed by atoms with van der Waals surface area (Å²) in [6.07, 6.45) is 0.783. The van der Waals surface area contributed by atoms with E-state index in [0.29, 0.717) is 13.2 Å². The molecule has 0 spiro atoms. The average molecular weight is 282 g/mol. The Balaban J connectivity index is 1.71. The van der Waals surface area contributed by atoms with Crippen molar-refractivity contribution in [3.05, 3.63) is 34.9 Å². The fourth-order valence-electron chi connectivity index (χ4n) is 2.65. The van der Waals surface area contributed by atoms with Crippen molar-refractivity contribution in [1.29, 1.82) is 0 Å². The molecule has 102 valence electrons. The van der Waals surface area contributed by atoms with E-state index in [0.717, 1.165) is 30.1 Å². The zero-order valence-electron chi connectivity index (χ0n) is 10.5. The summed E-state index contributed by atoms with van der Waals surface area (Å²) < 4.78 is 10.8. The second kappa shape index (κ2) is 5.49. The molecule has 1 aromatic rings. The van der Waals surface area contributed by atoms with Crippen LogP contribution < -0.4 is 0 Å². The standard InChI is InChI=1S/C14H16ClNO3/c15-11-3-1-10(2-4-11)13-9-16(6-8-18-13)12-5-7-19-14(12)17/h1-4,12-13H,5-9H2/t12-,13+/m0/s1. The van der Waals surface area contributed by atoms with Gasteiger partial charge < -0.3 is 9.47 Å². The Hall–Kier alpha value is -1.10. The van der Waals surface area contributed by atoms with Gasteiger partial charge in [0.05, 0.1) is 19.3 Å². The number of nitrogens with zero attached hydrogens (tertiary/aromatic N) is 1. The van der Waals surface area contributed by atoms with E-state index >= 15 is 0 Å². The molecule has 2 heterocycles. The first-order chi connectivity index (χ1) is 9.24. The quantitative estimate of drug-likeness (QED) is 0.778. The first kappa shape index (κ1) is 12.9. The summed E-state index contributed by atoms with van der Waals surface area (Å²) in [4.78, 5) is 13.8. The first-order valence-electron chi connectivity index (χ1n) is 6.52. The second-order valence-corrected chi connectivity index (χ2v) is 5.31. The lowest BCUT2D eigenvalue weighted by Crippen LogP contribution is -2.46. The molecule has 3 rings (SSSR count). The molecule has 0 saturated carbocycles. The van der Waals surface area contributed by atoms with Crippen LogP contribution in [0.25, 0.3) is 0 Å². The van der Waals surface area contributed by atoms with Crippen molar-refractivity contribution in [2.75, 3.05) is 26.3 Å². The monoisotopic (exact) mass is 281 g/mol. The van der Waals surface area contributed by atoms with E-state index < -0.39 is 0 Å². The minimum atomic E-state index is -0.100. The molecule has 1 aromatic carbocycles. The molecule has 0 unspecified atom stereocenters. The van der Waals surface area contributed by atoms with Gasteiger partial charge in [0, 0.05) is 24.5 Å². The summed E-state index contributed by atoms with van der Waals surface area (Å²) in [5.74, 6) is -0.100. The lowest BCUT2D eigenvalue weighted by Gasteiger charge is -2.35. The summed E-state index contributed by atoms with van der Waals surface area (Å²) in [6.45, 7) is 2.68. The van der Waals surface area contributed by atoms with Crippen molar-refractivity contribution in [3.8, 4) is 0 Å². The first-order valence-corrected chi connectivity index (χ1v) is 6.89. The van der Waals surface area contributed by atoms with Crippen LogP contribution in [0.5, 0.6) is 0 Å². The lowest BCUT2D eigenvalue weighted by atomic mass is 10.1. The molecule has 0 bridgehead atoms. The Labute approximate surface area is 117 Å².